The van der Waals surface area contributed by atoms with Crippen molar-refractivity contribution in [2.75, 3.05) is 20.1 Å². The van der Waals surface area contributed by atoms with Crippen LogP contribution in [0.2, 0.25) is 0 Å². The van der Waals surface area contributed by atoms with Gasteiger partial charge in [0.15, 0.2) is 0 Å². The zero-order chi connectivity index (χ0) is 11.3. The number of hydrogen-bond donors (Lipinski definition) is 0. The van der Waals surface area contributed by atoms with Gasteiger partial charge in [-0.05, 0) is 46.5 Å². The van der Waals surface area contributed by atoms with E-state index in [4.69, 9.17) is 0 Å². The standard InChI is InChI=1S/C14H28N/c1-13(2)9-8-10-14(3)15(4)11-6-5-7-12-15/h9,14H,5-8,10-12H2,1-4H3/q+1. The summed E-state index contributed by atoms with van der Waals surface area (Å²) in [4.78, 5) is 0. The Bertz CT molecular complexity index is 207. The van der Waals surface area contributed by atoms with E-state index in [0.717, 1.165) is 6.04 Å². The summed E-state index contributed by atoms with van der Waals surface area (Å²) >= 11 is 0. The molecule has 1 rings (SSSR count). The average molecular weight is 210 g/mol. The van der Waals surface area contributed by atoms with Crippen LogP contribution >= 0.6 is 0 Å². The molecule has 88 valence electrons. The minimum Gasteiger partial charge on any atom is -0.324 e. The van der Waals surface area contributed by atoms with Gasteiger partial charge in [-0.25, -0.2) is 0 Å². The first-order valence-corrected chi connectivity index (χ1v) is 6.52. The van der Waals surface area contributed by atoms with Crippen molar-refractivity contribution in [3.05, 3.63) is 11.6 Å². The van der Waals surface area contributed by atoms with Gasteiger partial charge < -0.3 is 4.48 Å². The van der Waals surface area contributed by atoms with Gasteiger partial charge in [-0.3, -0.25) is 0 Å². The van der Waals surface area contributed by atoms with Crippen LogP contribution in [0.3, 0.4) is 0 Å². The molecule has 0 aromatic carbocycles. The van der Waals surface area contributed by atoms with Gasteiger partial charge in [-0.15, -0.1) is 0 Å². The first kappa shape index (κ1) is 12.8. The summed E-state index contributed by atoms with van der Waals surface area (Å²) in [5.41, 5.74) is 1.46. The molecule has 1 unspecified atom stereocenters. The molecule has 0 aromatic rings. The van der Waals surface area contributed by atoms with Gasteiger partial charge in [-0.2, -0.15) is 0 Å². The van der Waals surface area contributed by atoms with Crippen molar-refractivity contribution in [1.82, 2.24) is 0 Å². The highest BCUT2D eigenvalue weighted by Crippen LogP contribution is 2.22. The second-order valence-electron chi connectivity index (χ2n) is 5.70. The highest BCUT2D eigenvalue weighted by molar-refractivity contribution is 4.92. The topological polar surface area (TPSA) is 0 Å². The molecule has 0 saturated carbocycles. The summed E-state index contributed by atoms with van der Waals surface area (Å²) in [5.74, 6) is 0. The fourth-order valence-corrected chi connectivity index (χ4v) is 2.60. The van der Waals surface area contributed by atoms with Crippen LogP contribution in [0.25, 0.3) is 0 Å². The monoisotopic (exact) mass is 210 g/mol. The fourth-order valence-electron chi connectivity index (χ4n) is 2.60. The third-order valence-electron chi connectivity index (χ3n) is 4.04. The largest absolute Gasteiger partial charge is 0.324 e. The Morgan fingerprint density at radius 1 is 1.20 bits per heavy atom. The molecule has 0 radical (unpaired) electrons. The number of allylic oxidation sites excluding steroid dienone is 2. The zero-order valence-electron chi connectivity index (χ0n) is 11.1. The van der Waals surface area contributed by atoms with E-state index in [0.29, 0.717) is 0 Å². The van der Waals surface area contributed by atoms with Crippen LogP contribution < -0.4 is 0 Å². The lowest BCUT2D eigenvalue weighted by Crippen LogP contribution is -2.53. The SMILES string of the molecule is CC(C)=CCCC(C)[N+]1(C)CCCCC1. The zero-order valence-corrected chi connectivity index (χ0v) is 11.1. The molecule has 1 heteroatoms. The number of piperidine rings is 1. The van der Waals surface area contributed by atoms with Crippen LogP contribution in [-0.2, 0) is 0 Å². The molecule has 0 aromatic heterocycles. The molecule has 1 fully saturated rings. The molecule has 15 heavy (non-hydrogen) atoms. The van der Waals surface area contributed by atoms with Crippen LogP contribution in [0, 0.1) is 0 Å². The minimum absolute atomic E-state index is 0.834. The molecular weight excluding hydrogens is 182 g/mol. The smallest absolute Gasteiger partial charge is 0.0862 e. The highest BCUT2D eigenvalue weighted by Gasteiger charge is 2.30. The maximum absolute atomic E-state index is 2.45. The van der Waals surface area contributed by atoms with Gasteiger partial charge in [0, 0.05) is 6.42 Å². The predicted molar refractivity (Wildman–Crippen MR) is 67.9 cm³/mol. The van der Waals surface area contributed by atoms with Gasteiger partial charge in [0.05, 0.1) is 26.2 Å². The lowest BCUT2D eigenvalue weighted by atomic mass is 10.0. The van der Waals surface area contributed by atoms with Crippen LogP contribution in [0.5, 0.6) is 0 Å². The molecule has 1 heterocycles. The first-order valence-electron chi connectivity index (χ1n) is 6.52. The molecule has 1 atom stereocenters. The van der Waals surface area contributed by atoms with Crippen LogP contribution in [0.1, 0.15) is 52.9 Å². The van der Waals surface area contributed by atoms with E-state index in [1.807, 2.05) is 0 Å². The Hall–Kier alpha value is -0.300. The molecule has 0 aliphatic carbocycles. The minimum atomic E-state index is 0.834. The quantitative estimate of drug-likeness (QED) is 0.490. The van der Waals surface area contributed by atoms with E-state index in [-0.39, 0.29) is 0 Å². The van der Waals surface area contributed by atoms with Gasteiger partial charge in [0.25, 0.3) is 0 Å². The molecular formula is C14H28N+. The van der Waals surface area contributed by atoms with Crippen molar-refractivity contribution in [2.24, 2.45) is 0 Å². The second-order valence-corrected chi connectivity index (χ2v) is 5.70. The molecule has 1 aliphatic heterocycles. The maximum Gasteiger partial charge on any atom is 0.0862 e. The maximum atomic E-state index is 2.45. The normalized spacial score (nSPS) is 22.1. The molecule has 0 spiro atoms. The summed E-state index contributed by atoms with van der Waals surface area (Å²) in [6, 6.07) is 0.834. The van der Waals surface area contributed by atoms with Crippen molar-refractivity contribution in [3.63, 3.8) is 0 Å². The van der Waals surface area contributed by atoms with Crippen molar-refractivity contribution >= 4 is 0 Å². The number of quaternary nitrogens is 1. The van der Waals surface area contributed by atoms with Crippen molar-refractivity contribution < 1.29 is 4.48 Å². The van der Waals surface area contributed by atoms with Crippen molar-refractivity contribution in [1.29, 1.82) is 0 Å². The summed E-state index contributed by atoms with van der Waals surface area (Å²) < 4.78 is 1.32. The average Bonchev–Trinajstić information content (AvgIpc) is 2.18. The van der Waals surface area contributed by atoms with Crippen molar-refractivity contribution in [3.8, 4) is 0 Å². The summed E-state index contributed by atoms with van der Waals surface area (Å²) in [5, 5.41) is 0. The Morgan fingerprint density at radius 3 is 2.33 bits per heavy atom. The lowest BCUT2D eigenvalue weighted by molar-refractivity contribution is -0.936. The van der Waals surface area contributed by atoms with Gasteiger partial charge in [0.2, 0.25) is 0 Å². The Labute approximate surface area is 95.8 Å². The molecule has 1 nitrogen and oxygen atoms in total. The Balaban J connectivity index is 2.37. The number of nitrogens with zero attached hydrogens (tertiary/aromatic N) is 1. The number of hydrogen-bond acceptors (Lipinski definition) is 0. The number of likely N-dealkylation sites (tertiary alicyclic amines) is 1. The Kier molecular flexibility index (Phi) is 4.85. The predicted octanol–water partition coefficient (Wildman–Crippen LogP) is 3.75. The lowest BCUT2D eigenvalue weighted by Gasteiger charge is -2.43. The van der Waals surface area contributed by atoms with E-state index in [1.54, 1.807) is 0 Å². The molecule has 0 bridgehead atoms. The van der Waals surface area contributed by atoms with E-state index in [9.17, 15) is 0 Å². The Morgan fingerprint density at radius 2 is 1.80 bits per heavy atom. The van der Waals surface area contributed by atoms with Gasteiger partial charge in [0.1, 0.15) is 0 Å². The molecule has 1 aliphatic rings. The van der Waals surface area contributed by atoms with Crippen LogP contribution in [0.4, 0.5) is 0 Å². The third kappa shape index (κ3) is 3.98. The summed E-state index contributed by atoms with van der Waals surface area (Å²) in [7, 11) is 2.45. The molecule has 0 N–H and O–H groups in total. The van der Waals surface area contributed by atoms with E-state index < -0.39 is 0 Å². The van der Waals surface area contributed by atoms with E-state index in [1.165, 1.54) is 55.2 Å². The third-order valence-corrected chi connectivity index (χ3v) is 4.04. The van der Waals surface area contributed by atoms with Gasteiger partial charge in [-0.1, -0.05) is 11.6 Å². The first-order chi connectivity index (χ1) is 7.04. The van der Waals surface area contributed by atoms with Crippen LogP contribution in [-0.4, -0.2) is 30.7 Å². The van der Waals surface area contributed by atoms with Crippen molar-refractivity contribution in [2.45, 2.75) is 58.9 Å². The highest BCUT2D eigenvalue weighted by atomic mass is 15.4. The van der Waals surface area contributed by atoms with Crippen LogP contribution in [0.15, 0.2) is 11.6 Å². The number of rotatable bonds is 4. The molecule has 1 saturated heterocycles. The van der Waals surface area contributed by atoms with E-state index in [2.05, 4.69) is 33.9 Å². The van der Waals surface area contributed by atoms with Gasteiger partial charge >= 0.3 is 0 Å². The van der Waals surface area contributed by atoms with E-state index >= 15 is 0 Å². The summed E-state index contributed by atoms with van der Waals surface area (Å²) in [6.07, 6.45) is 9.31. The fraction of sp³-hybridized carbons (Fsp3) is 0.857. The second kappa shape index (κ2) is 5.69. The summed E-state index contributed by atoms with van der Waals surface area (Å²) in [6.45, 7) is 9.62. The molecule has 0 amide bonds.